The summed E-state index contributed by atoms with van der Waals surface area (Å²) in [5.74, 6) is -0.920. The first-order chi connectivity index (χ1) is 14.6. The van der Waals surface area contributed by atoms with E-state index in [0.29, 0.717) is 37.9 Å². The number of amides is 2. The van der Waals surface area contributed by atoms with E-state index in [1.807, 2.05) is 0 Å². The van der Waals surface area contributed by atoms with Gasteiger partial charge in [0.25, 0.3) is 21.8 Å². The third-order valence-corrected chi connectivity index (χ3v) is 8.90. The summed E-state index contributed by atoms with van der Waals surface area (Å²) in [6.07, 6.45) is 3.75. The zero-order chi connectivity index (χ0) is 22.1. The summed E-state index contributed by atoms with van der Waals surface area (Å²) in [7, 11) is -7.32. The molecule has 10 heteroatoms. The topological polar surface area (TPSA) is 109 Å². The average Bonchev–Trinajstić information content (AvgIpc) is 3.53. The number of hydrogen-bond acceptors (Lipinski definition) is 6. The van der Waals surface area contributed by atoms with E-state index in [1.54, 1.807) is 12.1 Å². The molecule has 31 heavy (non-hydrogen) atoms. The third-order valence-electron chi connectivity index (χ3n) is 5.92. The number of rotatable bonds is 3. The van der Waals surface area contributed by atoms with Gasteiger partial charge >= 0.3 is 0 Å². The van der Waals surface area contributed by atoms with Gasteiger partial charge in [-0.25, -0.2) is 21.1 Å². The normalized spacial score (nSPS) is 19.8. The molecule has 0 N–H and O–H groups in total. The number of aryl methyl sites for hydroxylation is 1. The number of anilines is 1. The standard InChI is InChI=1S/C21H20N2O6S2/c1-30(26,27)16-7-9-18-13(11-16)3-2-10-22(18)20(24)14-4-8-17-19(12-14)31(28,29)23(21(17)25)15-5-6-15/h4,7-9,11-12,15H,2-3,5-6,10H2,1H3. The summed E-state index contributed by atoms with van der Waals surface area (Å²) >= 11 is 0. The van der Waals surface area contributed by atoms with E-state index in [1.165, 1.54) is 29.2 Å². The maximum Gasteiger partial charge on any atom is 0.269 e. The summed E-state index contributed by atoms with van der Waals surface area (Å²) in [5, 5.41) is 0. The van der Waals surface area contributed by atoms with Gasteiger partial charge in [0.15, 0.2) is 9.84 Å². The Morgan fingerprint density at radius 2 is 1.84 bits per heavy atom. The van der Waals surface area contributed by atoms with Gasteiger partial charge in [-0.15, -0.1) is 0 Å². The number of carbonyl (C=O) groups is 2. The lowest BCUT2D eigenvalue weighted by Gasteiger charge is -2.30. The Morgan fingerprint density at radius 1 is 1.10 bits per heavy atom. The predicted octanol–water partition coefficient (Wildman–Crippen LogP) is 1.99. The van der Waals surface area contributed by atoms with Crippen LogP contribution in [0.25, 0.3) is 0 Å². The summed E-state index contributed by atoms with van der Waals surface area (Å²) in [6, 6.07) is 8.55. The lowest BCUT2D eigenvalue weighted by atomic mass is 10.0. The number of benzene rings is 2. The van der Waals surface area contributed by atoms with Crippen molar-refractivity contribution < 1.29 is 26.4 Å². The summed E-state index contributed by atoms with van der Waals surface area (Å²) in [5.41, 5.74) is 1.64. The molecule has 2 amide bonds. The molecule has 2 heterocycles. The third kappa shape index (κ3) is 3.16. The highest BCUT2D eigenvalue weighted by Crippen LogP contribution is 2.40. The van der Waals surface area contributed by atoms with Gasteiger partial charge in [-0.2, -0.15) is 0 Å². The molecular formula is C21H20N2O6S2. The van der Waals surface area contributed by atoms with Gasteiger partial charge in [0, 0.05) is 30.1 Å². The number of nitrogens with zero attached hydrogens (tertiary/aromatic N) is 2. The van der Waals surface area contributed by atoms with Crippen molar-refractivity contribution in [2.45, 2.75) is 41.5 Å². The molecule has 2 aromatic rings. The molecular weight excluding hydrogens is 440 g/mol. The van der Waals surface area contributed by atoms with Crippen molar-refractivity contribution in [2.75, 3.05) is 17.7 Å². The van der Waals surface area contributed by atoms with Crippen molar-refractivity contribution in [1.29, 1.82) is 0 Å². The minimum Gasteiger partial charge on any atom is -0.308 e. The highest BCUT2D eigenvalue weighted by molar-refractivity contribution is 7.90. The van der Waals surface area contributed by atoms with Crippen LogP contribution in [0.1, 0.15) is 45.5 Å². The van der Waals surface area contributed by atoms with E-state index in [2.05, 4.69) is 0 Å². The van der Waals surface area contributed by atoms with Gasteiger partial charge in [0.2, 0.25) is 0 Å². The molecule has 162 valence electrons. The zero-order valence-electron chi connectivity index (χ0n) is 16.7. The van der Waals surface area contributed by atoms with Crippen LogP contribution >= 0.6 is 0 Å². The maximum absolute atomic E-state index is 13.3. The molecule has 0 saturated heterocycles. The van der Waals surface area contributed by atoms with Gasteiger partial charge in [0.05, 0.1) is 10.5 Å². The number of hydrogen-bond donors (Lipinski definition) is 0. The molecule has 2 aromatic carbocycles. The fraction of sp³-hybridized carbons (Fsp3) is 0.333. The monoisotopic (exact) mass is 460 g/mol. The Kier molecular flexibility index (Phi) is 4.32. The van der Waals surface area contributed by atoms with Crippen molar-refractivity contribution in [2.24, 2.45) is 0 Å². The number of sulfonamides is 1. The molecule has 0 radical (unpaired) electrons. The van der Waals surface area contributed by atoms with Crippen molar-refractivity contribution in [3.05, 3.63) is 53.1 Å². The molecule has 2 aliphatic heterocycles. The van der Waals surface area contributed by atoms with Gasteiger partial charge in [-0.05, 0) is 67.6 Å². The van der Waals surface area contributed by atoms with Crippen LogP contribution in [-0.2, 0) is 26.3 Å². The number of sulfone groups is 1. The van der Waals surface area contributed by atoms with E-state index in [-0.39, 0.29) is 32.9 Å². The second-order valence-electron chi connectivity index (χ2n) is 8.17. The first-order valence-electron chi connectivity index (χ1n) is 9.97. The van der Waals surface area contributed by atoms with Crippen LogP contribution in [0.4, 0.5) is 5.69 Å². The Hall–Kier alpha value is -2.72. The quantitative estimate of drug-likeness (QED) is 0.693. The molecule has 0 bridgehead atoms. The van der Waals surface area contributed by atoms with Crippen LogP contribution in [0.2, 0.25) is 0 Å². The average molecular weight is 461 g/mol. The van der Waals surface area contributed by atoms with Crippen LogP contribution in [0.5, 0.6) is 0 Å². The smallest absolute Gasteiger partial charge is 0.269 e. The van der Waals surface area contributed by atoms with Crippen LogP contribution in [0.15, 0.2) is 46.2 Å². The van der Waals surface area contributed by atoms with Crippen LogP contribution in [0.3, 0.4) is 0 Å². The van der Waals surface area contributed by atoms with Crippen LogP contribution in [0, 0.1) is 0 Å². The first-order valence-corrected chi connectivity index (χ1v) is 13.3. The number of carbonyl (C=O) groups excluding carboxylic acids is 2. The summed E-state index contributed by atoms with van der Waals surface area (Å²) < 4.78 is 50.4. The summed E-state index contributed by atoms with van der Waals surface area (Å²) in [6.45, 7) is 0.432. The number of fused-ring (bicyclic) bond motifs is 2. The predicted molar refractivity (Wildman–Crippen MR) is 112 cm³/mol. The molecule has 8 nitrogen and oxygen atoms in total. The zero-order valence-corrected chi connectivity index (χ0v) is 18.4. The Bertz CT molecular complexity index is 1360. The van der Waals surface area contributed by atoms with Crippen LogP contribution in [-0.4, -0.2) is 51.8 Å². The molecule has 0 unspecified atom stereocenters. The van der Waals surface area contributed by atoms with Gasteiger partial charge in [0.1, 0.15) is 4.90 Å². The van der Waals surface area contributed by atoms with E-state index >= 15 is 0 Å². The largest absolute Gasteiger partial charge is 0.308 e. The molecule has 0 atom stereocenters. The molecule has 0 spiro atoms. The second-order valence-corrected chi connectivity index (χ2v) is 12.0. The molecule has 3 aliphatic rings. The first kappa shape index (κ1) is 20.2. The van der Waals surface area contributed by atoms with E-state index < -0.39 is 25.8 Å². The SMILES string of the molecule is CS(=O)(=O)c1ccc2c(c1)CCCN2C(=O)c1ccc2c(c1)S(=O)(=O)N(C1CC1)C2=O. The lowest BCUT2D eigenvalue weighted by molar-refractivity contribution is 0.0864. The van der Waals surface area contributed by atoms with E-state index in [0.717, 1.165) is 16.1 Å². The molecule has 1 aliphatic carbocycles. The molecule has 1 saturated carbocycles. The minimum absolute atomic E-state index is 0.0975. The Morgan fingerprint density at radius 3 is 2.52 bits per heavy atom. The van der Waals surface area contributed by atoms with Crippen molar-refractivity contribution in [3.63, 3.8) is 0 Å². The minimum atomic E-state index is -3.96. The Balaban J connectivity index is 1.52. The van der Waals surface area contributed by atoms with Gasteiger partial charge in [-0.1, -0.05) is 0 Å². The van der Waals surface area contributed by atoms with Crippen molar-refractivity contribution >= 4 is 37.4 Å². The summed E-state index contributed by atoms with van der Waals surface area (Å²) in [4.78, 5) is 27.4. The van der Waals surface area contributed by atoms with Gasteiger partial charge in [-0.3, -0.25) is 9.59 Å². The maximum atomic E-state index is 13.3. The second kappa shape index (κ2) is 6.64. The molecule has 0 aromatic heterocycles. The fourth-order valence-corrected chi connectivity index (χ4v) is 6.73. The van der Waals surface area contributed by atoms with Crippen LogP contribution < -0.4 is 4.90 Å². The lowest BCUT2D eigenvalue weighted by Crippen LogP contribution is -2.35. The highest BCUT2D eigenvalue weighted by atomic mass is 32.2. The highest BCUT2D eigenvalue weighted by Gasteiger charge is 2.49. The van der Waals surface area contributed by atoms with Crippen molar-refractivity contribution in [3.8, 4) is 0 Å². The fourth-order valence-electron chi connectivity index (χ4n) is 4.22. The molecule has 5 rings (SSSR count). The van der Waals surface area contributed by atoms with E-state index in [9.17, 15) is 26.4 Å². The Labute approximate surface area is 180 Å². The van der Waals surface area contributed by atoms with Crippen molar-refractivity contribution in [1.82, 2.24) is 4.31 Å². The van der Waals surface area contributed by atoms with E-state index in [4.69, 9.17) is 0 Å². The molecule has 1 fully saturated rings. The van der Waals surface area contributed by atoms with Gasteiger partial charge < -0.3 is 4.90 Å².